The molecule has 2 unspecified atom stereocenters. The lowest BCUT2D eigenvalue weighted by molar-refractivity contribution is 0.0930. The van der Waals surface area contributed by atoms with Crippen LogP contribution in [0.5, 0.6) is 11.5 Å². The number of aromatic nitrogens is 1. The minimum Gasteiger partial charge on any atom is -0.457 e. The van der Waals surface area contributed by atoms with Crippen molar-refractivity contribution in [1.82, 2.24) is 10.3 Å². The Balaban J connectivity index is 1.33. The molecule has 4 aromatic rings. The average Bonchev–Trinajstić information content (AvgIpc) is 3.25. The van der Waals surface area contributed by atoms with Gasteiger partial charge in [-0.25, -0.2) is 9.78 Å². The van der Waals surface area contributed by atoms with E-state index in [2.05, 4.69) is 15.6 Å². The normalized spacial score (nSPS) is 19.0. The number of amides is 3. The second kappa shape index (κ2) is 9.49. The topological polar surface area (TPSA) is 110 Å². The maximum atomic E-state index is 13.5. The van der Waals surface area contributed by atoms with E-state index in [1.165, 1.54) is 11.3 Å². The van der Waals surface area contributed by atoms with E-state index in [1.54, 1.807) is 11.1 Å². The fourth-order valence-electron chi connectivity index (χ4n) is 5.16. The summed E-state index contributed by atoms with van der Waals surface area (Å²) >= 11 is 1.29. The van der Waals surface area contributed by atoms with Gasteiger partial charge in [-0.15, -0.1) is 11.3 Å². The molecule has 37 heavy (non-hydrogen) atoms. The van der Waals surface area contributed by atoms with Gasteiger partial charge >= 0.3 is 6.03 Å². The van der Waals surface area contributed by atoms with Crippen molar-refractivity contribution in [2.45, 2.75) is 44.7 Å². The van der Waals surface area contributed by atoms with E-state index in [1.807, 2.05) is 61.5 Å². The number of hydrogen-bond acceptors (Lipinski definition) is 6. The third-order valence-electron chi connectivity index (χ3n) is 6.89. The van der Waals surface area contributed by atoms with E-state index in [9.17, 15) is 9.59 Å². The summed E-state index contributed by atoms with van der Waals surface area (Å²) < 4.78 is 5.96. The summed E-state index contributed by atoms with van der Waals surface area (Å²) in [5.74, 6) is 1.22. The molecule has 1 saturated carbocycles. The van der Waals surface area contributed by atoms with Crippen LogP contribution in [0, 0.1) is 6.92 Å². The second-order valence-electron chi connectivity index (χ2n) is 9.54. The van der Waals surface area contributed by atoms with Gasteiger partial charge in [-0.2, -0.15) is 0 Å². The van der Waals surface area contributed by atoms with Gasteiger partial charge in [0.05, 0.1) is 22.4 Å². The first kappa shape index (κ1) is 23.4. The number of anilines is 3. The monoisotopic (exact) mass is 513 g/mol. The number of benzene rings is 2. The van der Waals surface area contributed by atoms with Crippen LogP contribution in [-0.2, 0) is 0 Å². The highest BCUT2D eigenvalue weighted by Crippen LogP contribution is 2.46. The van der Waals surface area contributed by atoms with Gasteiger partial charge in [0.1, 0.15) is 21.2 Å². The molecule has 188 valence electrons. The van der Waals surface area contributed by atoms with Crippen molar-refractivity contribution in [3.8, 4) is 11.5 Å². The summed E-state index contributed by atoms with van der Waals surface area (Å²) in [4.78, 5) is 34.0. The molecule has 0 spiro atoms. The zero-order chi connectivity index (χ0) is 25.5. The SMILES string of the molecule is Cc1cc(Oc2ccccc2)ccc1N1C(=O)Nc2c(C(=O)NC3CCCC(N)C3)sc3nccc1c23. The fraction of sp³-hybridized carbons (Fsp3) is 0.250. The van der Waals surface area contributed by atoms with Gasteiger partial charge in [-0.1, -0.05) is 18.2 Å². The Morgan fingerprint density at radius 1 is 1.14 bits per heavy atom. The molecule has 2 aliphatic rings. The van der Waals surface area contributed by atoms with Crippen molar-refractivity contribution in [3.05, 3.63) is 71.2 Å². The van der Waals surface area contributed by atoms with E-state index < -0.39 is 0 Å². The smallest absolute Gasteiger partial charge is 0.331 e. The number of thiophene rings is 1. The standard InChI is InChI=1S/C28H27N5O3S/c1-16-14-20(36-19-8-3-2-4-9-19)10-11-21(16)33-22-12-13-30-27-23(22)24(32-28(33)35)25(37-27)26(34)31-18-7-5-6-17(29)15-18/h2-4,8-14,17-18H,5-7,15,29H2,1H3,(H,31,34)(H,32,35). The Morgan fingerprint density at radius 2 is 1.97 bits per heavy atom. The Bertz CT molecular complexity index is 1500. The first-order valence-corrected chi connectivity index (χ1v) is 13.2. The molecule has 0 bridgehead atoms. The number of rotatable bonds is 5. The molecular formula is C28H27N5O3S. The summed E-state index contributed by atoms with van der Waals surface area (Å²) in [6.45, 7) is 1.94. The van der Waals surface area contributed by atoms with Gasteiger partial charge in [-0.05, 0) is 74.6 Å². The molecule has 2 aromatic heterocycles. The predicted molar refractivity (Wildman–Crippen MR) is 146 cm³/mol. The van der Waals surface area contributed by atoms with Crippen LogP contribution in [0.1, 0.15) is 40.9 Å². The number of aryl methyl sites for hydroxylation is 1. The number of carbonyl (C=O) groups excluding carboxylic acids is 2. The van der Waals surface area contributed by atoms with Crippen LogP contribution in [0.4, 0.5) is 21.9 Å². The van der Waals surface area contributed by atoms with Gasteiger partial charge in [0.15, 0.2) is 0 Å². The number of nitrogens with two attached hydrogens (primary N) is 1. The summed E-state index contributed by atoms with van der Waals surface area (Å²) in [7, 11) is 0. The maximum Gasteiger partial charge on any atom is 0.331 e. The number of urea groups is 1. The molecule has 8 nitrogen and oxygen atoms in total. The van der Waals surface area contributed by atoms with Crippen LogP contribution in [0.3, 0.4) is 0 Å². The highest BCUT2D eigenvalue weighted by molar-refractivity contribution is 7.21. The predicted octanol–water partition coefficient (Wildman–Crippen LogP) is 6.08. The van der Waals surface area contributed by atoms with Crippen LogP contribution in [0.25, 0.3) is 10.2 Å². The average molecular weight is 514 g/mol. The van der Waals surface area contributed by atoms with Crippen molar-refractivity contribution in [1.29, 1.82) is 0 Å². The van der Waals surface area contributed by atoms with Crippen LogP contribution < -0.4 is 26.0 Å². The molecule has 9 heteroatoms. The van der Waals surface area contributed by atoms with E-state index in [-0.39, 0.29) is 24.0 Å². The van der Waals surface area contributed by atoms with Crippen LogP contribution in [-0.4, -0.2) is 29.0 Å². The number of carbonyl (C=O) groups is 2. The molecule has 2 aromatic carbocycles. The Kier molecular flexibility index (Phi) is 6.02. The highest BCUT2D eigenvalue weighted by Gasteiger charge is 2.34. The largest absolute Gasteiger partial charge is 0.457 e. The number of para-hydroxylation sites is 1. The molecule has 2 atom stereocenters. The van der Waals surface area contributed by atoms with Crippen molar-refractivity contribution < 1.29 is 14.3 Å². The van der Waals surface area contributed by atoms with Crippen LogP contribution >= 0.6 is 11.3 Å². The van der Waals surface area contributed by atoms with Gasteiger partial charge in [0.2, 0.25) is 0 Å². The van der Waals surface area contributed by atoms with E-state index in [0.29, 0.717) is 26.8 Å². The minimum absolute atomic E-state index is 0.0381. The zero-order valence-corrected chi connectivity index (χ0v) is 21.2. The van der Waals surface area contributed by atoms with Gasteiger partial charge in [0.25, 0.3) is 5.91 Å². The van der Waals surface area contributed by atoms with E-state index in [4.69, 9.17) is 10.5 Å². The summed E-state index contributed by atoms with van der Waals surface area (Å²) in [6.07, 6.45) is 5.33. The highest BCUT2D eigenvalue weighted by atomic mass is 32.1. The first-order valence-electron chi connectivity index (χ1n) is 12.4. The lowest BCUT2D eigenvalue weighted by atomic mass is 9.91. The summed E-state index contributed by atoms with van der Waals surface area (Å²) in [6, 6.07) is 16.8. The number of nitrogens with one attached hydrogen (secondary N) is 2. The number of hydrogen-bond donors (Lipinski definition) is 3. The molecule has 4 N–H and O–H groups in total. The zero-order valence-electron chi connectivity index (χ0n) is 20.4. The van der Waals surface area contributed by atoms with Crippen LogP contribution in [0.2, 0.25) is 0 Å². The third-order valence-corrected chi connectivity index (χ3v) is 7.99. The number of pyridine rings is 1. The molecule has 3 heterocycles. The van der Waals surface area contributed by atoms with Gasteiger partial charge in [0, 0.05) is 18.3 Å². The Labute approximate surface area is 218 Å². The van der Waals surface area contributed by atoms with Gasteiger partial charge < -0.3 is 21.1 Å². The molecule has 1 aliphatic heterocycles. The van der Waals surface area contributed by atoms with Crippen molar-refractivity contribution in [3.63, 3.8) is 0 Å². The number of nitrogens with zero attached hydrogens (tertiary/aromatic N) is 2. The first-order chi connectivity index (χ1) is 18.0. The van der Waals surface area contributed by atoms with E-state index in [0.717, 1.165) is 48.1 Å². The summed E-state index contributed by atoms with van der Waals surface area (Å²) in [5.41, 5.74) is 8.92. The quantitative estimate of drug-likeness (QED) is 0.300. The van der Waals surface area contributed by atoms with E-state index >= 15 is 0 Å². The molecule has 3 amide bonds. The molecular weight excluding hydrogens is 486 g/mol. The number of ether oxygens (including phenoxy) is 1. The lowest BCUT2D eigenvalue weighted by Crippen LogP contribution is -2.42. The third kappa shape index (κ3) is 4.41. The Hall–Kier alpha value is -3.95. The van der Waals surface area contributed by atoms with Crippen molar-refractivity contribution >= 4 is 50.6 Å². The maximum absolute atomic E-state index is 13.5. The summed E-state index contributed by atoms with van der Waals surface area (Å²) in [5, 5.41) is 6.86. The molecule has 1 aliphatic carbocycles. The second-order valence-corrected chi connectivity index (χ2v) is 10.5. The Morgan fingerprint density at radius 3 is 2.76 bits per heavy atom. The minimum atomic E-state index is -0.327. The van der Waals surface area contributed by atoms with Crippen molar-refractivity contribution in [2.24, 2.45) is 5.73 Å². The van der Waals surface area contributed by atoms with Crippen LogP contribution in [0.15, 0.2) is 60.8 Å². The molecule has 0 radical (unpaired) electrons. The fourth-order valence-corrected chi connectivity index (χ4v) is 6.18. The molecule has 1 fully saturated rings. The lowest BCUT2D eigenvalue weighted by Gasteiger charge is -2.30. The molecule has 6 rings (SSSR count). The van der Waals surface area contributed by atoms with Gasteiger partial charge in [-0.3, -0.25) is 9.69 Å². The molecule has 0 saturated heterocycles. The van der Waals surface area contributed by atoms with Crippen molar-refractivity contribution in [2.75, 3.05) is 10.2 Å².